The number of aliphatic hydroxyl groups excluding tert-OH is 3. The second-order valence-corrected chi connectivity index (χ2v) is 2.56. The third-order valence-corrected chi connectivity index (χ3v) is 1.58. The van der Waals surface area contributed by atoms with Crippen molar-refractivity contribution in [2.75, 3.05) is 7.11 Å². The standard InChI is InChI=1S/C7H14O5/c1-4(9)6(11)7(12-2)5(10)3-8/h3-7,9-11H,1-2H3/t4-,5+,6+,7-/m1/s1. The number of aliphatic hydroxyl groups is 3. The van der Waals surface area contributed by atoms with Gasteiger partial charge in [-0.2, -0.15) is 0 Å². The zero-order valence-corrected chi connectivity index (χ0v) is 7.04. The molecule has 0 aliphatic carbocycles. The second-order valence-electron chi connectivity index (χ2n) is 2.56. The molecule has 0 aromatic heterocycles. The molecule has 5 heteroatoms. The van der Waals surface area contributed by atoms with Crippen LogP contribution in [0, 0.1) is 0 Å². The molecule has 0 saturated carbocycles. The van der Waals surface area contributed by atoms with Crippen LogP contribution in [-0.4, -0.2) is 53.1 Å². The molecule has 72 valence electrons. The summed E-state index contributed by atoms with van der Waals surface area (Å²) in [6.45, 7) is 1.34. The Kier molecular flexibility index (Phi) is 5.00. The number of aldehydes is 1. The molecule has 0 aromatic carbocycles. The van der Waals surface area contributed by atoms with Gasteiger partial charge in [-0.25, -0.2) is 0 Å². The minimum absolute atomic E-state index is 0.250. The van der Waals surface area contributed by atoms with Gasteiger partial charge in [0, 0.05) is 7.11 Å². The minimum atomic E-state index is -1.42. The van der Waals surface area contributed by atoms with E-state index < -0.39 is 24.4 Å². The highest BCUT2D eigenvalue weighted by molar-refractivity contribution is 5.56. The molecule has 0 heterocycles. The first-order valence-electron chi connectivity index (χ1n) is 3.56. The predicted molar refractivity (Wildman–Crippen MR) is 40.6 cm³/mol. The van der Waals surface area contributed by atoms with Gasteiger partial charge in [0.25, 0.3) is 0 Å². The Hall–Kier alpha value is -0.490. The van der Waals surface area contributed by atoms with Gasteiger partial charge in [-0.3, -0.25) is 0 Å². The summed E-state index contributed by atoms with van der Waals surface area (Å²) in [6.07, 6.45) is -4.57. The third kappa shape index (κ3) is 2.86. The Morgan fingerprint density at radius 1 is 1.33 bits per heavy atom. The van der Waals surface area contributed by atoms with Crippen molar-refractivity contribution in [2.24, 2.45) is 0 Å². The van der Waals surface area contributed by atoms with E-state index in [-0.39, 0.29) is 6.29 Å². The molecule has 0 aromatic rings. The predicted octanol–water partition coefficient (Wildman–Crippen LogP) is -1.70. The minimum Gasteiger partial charge on any atom is -0.391 e. The van der Waals surface area contributed by atoms with Crippen LogP contribution >= 0.6 is 0 Å². The maximum Gasteiger partial charge on any atom is 0.151 e. The van der Waals surface area contributed by atoms with Crippen LogP contribution in [0.4, 0.5) is 0 Å². The summed E-state index contributed by atoms with van der Waals surface area (Å²) in [5.41, 5.74) is 0. The summed E-state index contributed by atoms with van der Waals surface area (Å²) < 4.78 is 4.63. The van der Waals surface area contributed by atoms with Crippen LogP contribution < -0.4 is 0 Å². The average molecular weight is 178 g/mol. The van der Waals surface area contributed by atoms with Crippen LogP contribution in [0.15, 0.2) is 0 Å². The van der Waals surface area contributed by atoms with Crippen molar-refractivity contribution >= 4 is 6.29 Å². The van der Waals surface area contributed by atoms with Gasteiger partial charge in [-0.15, -0.1) is 0 Å². The van der Waals surface area contributed by atoms with Crippen molar-refractivity contribution in [3.63, 3.8) is 0 Å². The molecule has 5 nitrogen and oxygen atoms in total. The van der Waals surface area contributed by atoms with Gasteiger partial charge in [0.15, 0.2) is 6.29 Å². The molecule has 0 rings (SSSR count). The molecule has 0 saturated heterocycles. The Morgan fingerprint density at radius 2 is 1.83 bits per heavy atom. The Balaban J connectivity index is 4.22. The van der Waals surface area contributed by atoms with Crippen LogP contribution in [0.3, 0.4) is 0 Å². The summed E-state index contributed by atoms with van der Waals surface area (Å²) in [5.74, 6) is 0. The molecule has 12 heavy (non-hydrogen) atoms. The fourth-order valence-electron chi connectivity index (χ4n) is 0.833. The highest BCUT2D eigenvalue weighted by atomic mass is 16.5. The topological polar surface area (TPSA) is 87.0 Å². The Morgan fingerprint density at radius 3 is 2.08 bits per heavy atom. The molecule has 0 fully saturated rings. The van der Waals surface area contributed by atoms with E-state index in [4.69, 9.17) is 10.2 Å². The largest absolute Gasteiger partial charge is 0.391 e. The number of carbonyl (C=O) groups is 1. The maximum atomic E-state index is 10.1. The SMILES string of the molecule is CO[C@@H]([C@@H](O)[C@@H](C)O)[C@@H](O)C=O. The van der Waals surface area contributed by atoms with Crippen LogP contribution in [-0.2, 0) is 9.53 Å². The molecule has 0 amide bonds. The highest BCUT2D eigenvalue weighted by Crippen LogP contribution is 2.06. The quantitative estimate of drug-likeness (QED) is 0.437. The smallest absolute Gasteiger partial charge is 0.151 e. The zero-order valence-electron chi connectivity index (χ0n) is 7.04. The lowest BCUT2D eigenvalue weighted by molar-refractivity contribution is -0.138. The third-order valence-electron chi connectivity index (χ3n) is 1.58. The summed E-state index contributed by atoms with van der Waals surface area (Å²) in [4.78, 5) is 10.1. The first kappa shape index (κ1) is 11.5. The van der Waals surface area contributed by atoms with Gasteiger partial charge >= 0.3 is 0 Å². The highest BCUT2D eigenvalue weighted by Gasteiger charge is 2.29. The van der Waals surface area contributed by atoms with E-state index in [9.17, 15) is 9.90 Å². The van der Waals surface area contributed by atoms with Gasteiger partial charge in [0.1, 0.15) is 18.3 Å². The van der Waals surface area contributed by atoms with Gasteiger partial charge in [0.05, 0.1) is 6.10 Å². The number of rotatable bonds is 5. The van der Waals surface area contributed by atoms with Crippen molar-refractivity contribution in [1.29, 1.82) is 0 Å². The van der Waals surface area contributed by atoms with Crippen molar-refractivity contribution in [1.82, 2.24) is 0 Å². The van der Waals surface area contributed by atoms with Crippen LogP contribution in [0.1, 0.15) is 6.92 Å². The van der Waals surface area contributed by atoms with Crippen molar-refractivity contribution in [3.8, 4) is 0 Å². The van der Waals surface area contributed by atoms with Gasteiger partial charge in [-0.05, 0) is 6.92 Å². The fourth-order valence-corrected chi connectivity index (χ4v) is 0.833. The van der Waals surface area contributed by atoms with Crippen molar-refractivity contribution in [3.05, 3.63) is 0 Å². The second kappa shape index (κ2) is 5.21. The normalized spacial score (nSPS) is 21.1. The lowest BCUT2D eigenvalue weighted by atomic mass is 10.1. The van der Waals surface area contributed by atoms with Crippen molar-refractivity contribution < 1.29 is 24.9 Å². The zero-order chi connectivity index (χ0) is 9.72. The van der Waals surface area contributed by atoms with E-state index in [1.54, 1.807) is 0 Å². The van der Waals surface area contributed by atoms with Crippen molar-refractivity contribution in [2.45, 2.75) is 31.3 Å². The molecular weight excluding hydrogens is 164 g/mol. The molecule has 0 unspecified atom stereocenters. The molecule has 0 aliphatic heterocycles. The van der Waals surface area contributed by atoms with E-state index in [0.29, 0.717) is 0 Å². The Bertz CT molecular complexity index is 136. The lowest BCUT2D eigenvalue weighted by Gasteiger charge is -2.24. The molecular formula is C7H14O5. The summed E-state index contributed by atoms with van der Waals surface area (Å²) in [5, 5.41) is 27.1. The van der Waals surface area contributed by atoms with Crippen LogP contribution in [0.25, 0.3) is 0 Å². The molecule has 3 N–H and O–H groups in total. The maximum absolute atomic E-state index is 10.1. The van der Waals surface area contributed by atoms with Gasteiger partial charge < -0.3 is 24.9 Å². The number of hydrogen-bond acceptors (Lipinski definition) is 5. The molecule has 0 radical (unpaired) electrons. The summed E-state index contributed by atoms with van der Waals surface area (Å²) >= 11 is 0. The summed E-state index contributed by atoms with van der Waals surface area (Å²) in [6, 6.07) is 0. The number of ether oxygens (including phenoxy) is 1. The van der Waals surface area contributed by atoms with E-state index >= 15 is 0 Å². The average Bonchev–Trinajstić information content (AvgIpc) is 2.05. The van der Waals surface area contributed by atoms with E-state index in [1.165, 1.54) is 14.0 Å². The molecule has 4 atom stereocenters. The molecule has 0 spiro atoms. The first-order chi connectivity index (χ1) is 5.54. The number of hydrogen-bond donors (Lipinski definition) is 3. The first-order valence-corrected chi connectivity index (χ1v) is 3.56. The number of carbonyl (C=O) groups excluding carboxylic acids is 1. The van der Waals surface area contributed by atoms with E-state index in [2.05, 4.69) is 4.74 Å². The number of methoxy groups -OCH3 is 1. The lowest BCUT2D eigenvalue weighted by Crippen LogP contribution is -2.45. The monoisotopic (exact) mass is 178 g/mol. The van der Waals surface area contributed by atoms with Crippen LogP contribution in [0.2, 0.25) is 0 Å². The Labute approximate surface area is 70.6 Å². The molecule has 0 bridgehead atoms. The molecule has 0 aliphatic rings. The van der Waals surface area contributed by atoms with Crippen LogP contribution in [0.5, 0.6) is 0 Å². The van der Waals surface area contributed by atoms with Gasteiger partial charge in [0.2, 0.25) is 0 Å². The van der Waals surface area contributed by atoms with E-state index in [0.717, 1.165) is 0 Å². The van der Waals surface area contributed by atoms with Gasteiger partial charge in [-0.1, -0.05) is 0 Å². The fraction of sp³-hybridized carbons (Fsp3) is 0.857. The van der Waals surface area contributed by atoms with E-state index in [1.807, 2.05) is 0 Å². The summed E-state index contributed by atoms with van der Waals surface area (Å²) in [7, 11) is 1.24.